The third-order valence-corrected chi connectivity index (χ3v) is 6.63. The number of ether oxygens (including phenoxy) is 1. The Kier molecular flexibility index (Phi) is 6.83. The Bertz CT molecular complexity index is 1570. The average Bonchev–Trinajstić information content (AvgIpc) is 3.38. The van der Waals surface area contributed by atoms with E-state index < -0.39 is 11.4 Å². The lowest BCUT2D eigenvalue weighted by atomic mass is 9.99. The molecule has 0 spiro atoms. The number of fused-ring (bicyclic) bond motifs is 1. The van der Waals surface area contributed by atoms with E-state index in [0.717, 1.165) is 16.5 Å². The van der Waals surface area contributed by atoms with Crippen LogP contribution in [0, 0.1) is 5.82 Å². The zero-order valence-electron chi connectivity index (χ0n) is 18.3. The van der Waals surface area contributed by atoms with Gasteiger partial charge in [0.15, 0.2) is 5.82 Å². The highest BCUT2D eigenvalue weighted by Crippen LogP contribution is 2.31. The van der Waals surface area contributed by atoms with Crippen LogP contribution in [0.1, 0.15) is 22.3 Å². The molecule has 2 heterocycles. The molecule has 0 saturated heterocycles. The van der Waals surface area contributed by atoms with Crippen LogP contribution in [0.4, 0.5) is 10.1 Å². The van der Waals surface area contributed by atoms with Gasteiger partial charge in [-0.15, -0.1) is 0 Å². The highest BCUT2D eigenvalue weighted by atomic mass is 79.9. The van der Waals surface area contributed by atoms with Gasteiger partial charge in [-0.25, -0.2) is 14.2 Å². The summed E-state index contributed by atoms with van der Waals surface area (Å²) in [7, 11) is 0. The van der Waals surface area contributed by atoms with Crippen molar-refractivity contribution < 1.29 is 13.5 Å². The fourth-order valence-corrected chi connectivity index (χ4v) is 4.86. The fourth-order valence-electron chi connectivity index (χ4n) is 3.72. The van der Waals surface area contributed by atoms with Crippen LogP contribution in [0.3, 0.4) is 0 Å². The van der Waals surface area contributed by atoms with Crippen molar-refractivity contribution in [1.29, 1.82) is 0 Å². The highest BCUT2D eigenvalue weighted by molar-refractivity contribution is 9.08. The fraction of sp³-hybridized carbons (Fsp3) is 0.0741. The quantitative estimate of drug-likeness (QED) is 0.120. The molecule has 0 N–H and O–H groups in total. The minimum absolute atomic E-state index is 0.0805. The van der Waals surface area contributed by atoms with Gasteiger partial charge in [-0.05, 0) is 34.9 Å². The van der Waals surface area contributed by atoms with Gasteiger partial charge in [0, 0.05) is 46.6 Å². The monoisotopic (exact) mass is 548 g/mol. The number of hydrogen-bond donors (Lipinski definition) is 0. The van der Waals surface area contributed by atoms with E-state index in [4.69, 9.17) is 9.15 Å². The van der Waals surface area contributed by atoms with Crippen LogP contribution in [0.15, 0.2) is 92.5 Å². The molecule has 0 saturated carbocycles. The first-order chi connectivity index (χ1) is 17.1. The lowest BCUT2D eigenvalue weighted by molar-refractivity contribution is 0.476. The van der Waals surface area contributed by atoms with Crippen molar-refractivity contribution >= 4 is 50.1 Å². The van der Waals surface area contributed by atoms with E-state index in [1.807, 2.05) is 41.8 Å². The van der Waals surface area contributed by atoms with Crippen LogP contribution in [-0.4, -0.2) is 11.2 Å². The summed E-state index contributed by atoms with van der Waals surface area (Å²) in [5.41, 5.74) is 2.46. The molecule has 0 aliphatic heterocycles. The van der Waals surface area contributed by atoms with E-state index in [2.05, 4.69) is 25.9 Å². The summed E-state index contributed by atoms with van der Waals surface area (Å²) in [6, 6.07) is 19.7. The summed E-state index contributed by atoms with van der Waals surface area (Å²) in [6.07, 6.45) is 3.34. The minimum Gasteiger partial charge on any atom is -0.431 e. The third-order valence-electron chi connectivity index (χ3n) is 5.42. The molecule has 0 fully saturated rings. The predicted octanol–water partition coefficient (Wildman–Crippen LogP) is 7.42. The van der Waals surface area contributed by atoms with Crippen molar-refractivity contribution in [3.8, 4) is 10.9 Å². The second-order valence-electron chi connectivity index (χ2n) is 7.63. The SMILES string of the molecule is O=c1oc2cc(Oc3nccs3)ccc2c(CBr)c1Cc1cccc(N=Cc2ccccc2)c1F. The number of benzene rings is 3. The maximum atomic E-state index is 15.3. The molecule has 2 aromatic heterocycles. The minimum atomic E-state index is -0.518. The number of hydrogen-bond acceptors (Lipinski definition) is 6. The van der Waals surface area contributed by atoms with Gasteiger partial charge in [-0.3, -0.25) is 4.99 Å². The van der Waals surface area contributed by atoms with Crippen molar-refractivity contribution in [3.05, 3.63) is 117 Å². The summed E-state index contributed by atoms with van der Waals surface area (Å²) in [5, 5.41) is 3.47. The normalized spacial score (nSPS) is 11.4. The first-order valence-electron chi connectivity index (χ1n) is 10.7. The molecule has 0 aliphatic carbocycles. The molecular weight excluding hydrogens is 531 g/mol. The second kappa shape index (κ2) is 10.3. The Morgan fingerprint density at radius 1 is 1.09 bits per heavy atom. The van der Waals surface area contributed by atoms with Crippen molar-refractivity contribution in [2.75, 3.05) is 0 Å². The molecule has 0 unspecified atom stereocenters. The number of nitrogens with zero attached hydrogens (tertiary/aromatic N) is 2. The molecular formula is C27H18BrFN2O3S. The van der Waals surface area contributed by atoms with Crippen molar-refractivity contribution in [2.45, 2.75) is 11.8 Å². The molecule has 5 nitrogen and oxygen atoms in total. The number of aromatic nitrogens is 1. The number of thiazole rings is 1. The number of alkyl halides is 1. The molecule has 8 heteroatoms. The van der Waals surface area contributed by atoms with E-state index in [-0.39, 0.29) is 12.1 Å². The maximum absolute atomic E-state index is 15.3. The van der Waals surface area contributed by atoms with Crippen molar-refractivity contribution in [3.63, 3.8) is 0 Å². The third kappa shape index (κ3) is 5.08. The zero-order chi connectivity index (χ0) is 24.2. The number of rotatable bonds is 7. The summed E-state index contributed by atoms with van der Waals surface area (Å²) >= 11 is 4.85. The van der Waals surface area contributed by atoms with Gasteiger partial charge < -0.3 is 9.15 Å². The Labute approximate surface area is 212 Å². The van der Waals surface area contributed by atoms with E-state index in [1.54, 1.807) is 42.7 Å². The molecule has 35 heavy (non-hydrogen) atoms. The lowest BCUT2D eigenvalue weighted by Gasteiger charge is -2.11. The molecule has 5 rings (SSSR count). The molecule has 0 radical (unpaired) electrons. The lowest BCUT2D eigenvalue weighted by Crippen LogP contribution is -2.12. The Hall–Kier alpha value is -3.62. The van der Waals surface area contributed by atoms with Crippen molar-refractivity contribution in [1.82, 2.24) is 4.98 Å². The summed E-state index contributed by atoms with van der Waals surface area (Å²) in [5.74, 6) is 0.0470. The summed E-state index contributed by atoms with van der Waals surface area (Å²) in [6.45, 7) is 0. The maximum Gasteiger partial charge on any atom is 0.340 e. The largest absolute Gasteiger partial charge is 0.431 e. The average molecular weight is 549 g/mol. The molecule has 0 aliphatic rings. The molecule has 174 valence electrons. The van der Waals surface area contributed by atoms with Crippen LogP contribution in [0.2, 0.25) is 0 Å². The first-order valence-corrected chi connectivity index (χ1v) is 12.7. The Morgan fingerprint density at radius 2 is 1.94 bits per heavy atom. The molecule has 3 aromatic carbocycles. The van der Waals surface area contributed by atoms with Gasteiger partial charge in [0.05, 0.1) is 5.69 Å². The topological polar surface area (TPSA) is 64.7 Å². The van der Waals surface area contributed by atoms with Gasteiger partial charge >= 0.3 is 5.63 Å². The van der Waals surface area contributed by atoms with Gasteiger partial charge in [0.25, 0.3) is 5.19 Å². The van der Waals surface area contributed by atoms with Crippen LogP contribution in [-0.2, 0) is 11.8 Å². The van der Waals surface area contributed by atoms with Gasteiger partial charge in [-0.1, -0.05) is 69.7 Å². The van der Waals surface area contributed by atoms with Gasteiger partial charge in [0.2, 0.25) is 0 Å². The van der Waals surface area contributed by atoms with Crippen LogP contribution in [0.25, 0.3) is 11.0 Å². The Balaban J connectivity index is 1.48. The van der Waals surface area contributed by atoms with Gasteiger partial charge in [-0.2, -0.15) is 0 Å². The smallest absolute Gasteiger partial charge is 0.340 e. The molecule has 0 atom stereocenters. The van der Waals surface area contributed by atoms with E-state index in [1.165, 1.54) is 11.3 Å². The summed E-state index contributed by atoms with van der Waals surface area (Å²) < 4.78 is 26.6. The summed E-state index contributed by atoms with van der Waals surface area (Å²) in [4.78, 5) is 21.4. The standard InChI is InChI=1S/C27H18BrFN2O3S/c28-15-22-20-10-9-19(33-27-30-11-12-35-27)14-24(20)34-26(32)21(22)13-18-7-4-8-23(25(18)29)31-16-17-5-2-1-3-6-17/h1-12,14,16H,13,15H2. The van der Waals surface area contributed by atoms with Crippen molar-refractivity contribution in [2.24, 2.45) is 4.99 Å². The second-order valence-corrected chi connectivity index (χ2v) is 9.05. The van der Waals surface area contributed by atoms with Crippen LogP contribution < -0.4 is 10.4 Å². The van der Waals surface area contributed by atoms with Crippen LogP contribution in [0.5, 0.6) is 10.9 Å². The number of halogens is 2. The van der Waals surface area contributed by atoms with E-state index >= 15 is 4.39 Å². The zero-order valence-corrected chi connectivity index (χ0v) is 20.7. The molecule has 5 aromatic rings. The number of aliphatic imine (C=N–C) groups is 1. The van der Waals surface area contributed by atoms with E-state index in [9.17, 15) is 4.79 Å². The molecule has 0 bridgehead atoms. The van der Waals surface area contributed by atoms with Crippen LogP contribution >= 0.6 is 27.3 Å². The van der Waals surface area contributed by atoms with E-state index in [0.29, 0.717) is 33.0 Å². The molecule has 0 amide bonds. The predicted molar refractivity (Wildman–Crippen MR) is 140 cm³/mol. The van der Waals surface area contributed by atoms with Gasteiger partial charge in [0.1, 0.15) is 11.3 Å². The Morgan fingerprint density at radius 3 is 2.71 bits per heavy atom. The first kappa shape index (κ1) is 23.1. The highest BCUT2D eigenvalue weighted by Gasteiger charge is 2.18.